The maximum atomic E-state index is 12.6. The van der Waals surface area contributed by atoms with Gasteiger partial charge < -0.3 is 10.1 Å². The second-order valence-electron chi connectivity index (χ2n) is 6.48. The lowest BCUT2D eigenvalue weighted by molar-refractivity contribution is -0.115. The van der Waals surface area contributed by atoms with Crippen LogP contribution in [0.5, 0.6) is 5.75 Å². The molecule has 2 aromatic carbocycles. The summed E-state index contributed by atoms with van der Waals surface area (Å²) in [7, 11) is 1.62. The molecule has 0 aliphatic rings. The van der Waals surface area contributed by atoms with Crippen molar-refractivity contribution in [2.45, 2.75) is 13.3 Å². The maximum absolute atomic E-state index is 12.6. The van der Waals surface area contributed by atoms with Crippen molar-refractivity contribution in [2.24, 2.45) is 0 Å². The highest BCUT2D eigenvalue weighted by Crippen LogP contribution is 2.27. The molecular weight excluding hydrogens is 384 g/mol. The van der Waals surface area contributed by atoms with Crippen LogP contribution in [0.1, 0.15) is 11.4 Å². The third kappa shape index (κ3) is 4.20. The largest absolute Gasteiger partial charge is 0.497 e. The lowest BCUT2D eigenvalue weighted by atomic mass is 10.1. The molecule has 0 atom stereocenters. The summed E-state index contributed by atoms with van der Waals surface area (Å²) in [5.74, 6) is 2.02. The molecule has 2 heterocycles. The van der Waals surface area contributed by atoms with E-state index in [2.05, 4.69) is 10.3 Å². The van der Waals surface area contributed by atoms with Gasteiger partial charge in [0.2, 0.25) is 5.91 Å². The van der Waals surface area contributed by atoms with Crippen molar-refractivity contribution in [3.63, 3.8) is 0 Å². The predicted molar refractivity (Wildman–Crippen MR) is 115 cm³/mol. The van der Waals surface area contributed by atoms with Gasteiger partial charge in [-0.3, -0.25) is 9.36 Å². The zero-order valence-electron chi connectivity index (χ0n) is 16.1. The van der Waals surface area contributed by atoms with Crippen molar-refractivity contribution in [2.75, 3.05) is 12.4 Å². The van der Waals surface area contributed by atoms with Gasteiger partial charge in [-0.05, 0) is 24.6 Å². The molecule has 0 bridgehead atoms. The van der Waals surface area contributed by atoms with Crippen molar-refractivity contribution in [1.82, 2.24) is 14.5 Å². The first-order valence-corrected chi connectivity index (χ1v) is 10.0. The first-order chi connectivity index (χ1) is 14.1. The lowest BCUT2D eigenvalue weighted by Crippen LogP contribution is -2.17. The van der Waals surface area contributed by atoms with Crippen molar-refractivity contribution >= 4 is 23.1 Å². The molecule has 1 N–H and O–H groups in total. The Bertz CT molecular complexity index is 1120. The second-order valence-corrected chi connectivity index (χ2v) is 7.32. The monoisotopic (exact) mass is 404 g/mol. The number of carbonyl (C=O) groups excluding carboxylic acids is 1. The van der Waals surface area contributed by atoms with Crippen LogP contribution in [-0.2, 0) is 11.2 Å². The van der Waals surface area contributed by atoms with Crippen LogP contribution in [0.4, 0.5) is 5.82 Å². The molecular formula is C22H20N4O2S. The van der Waals surface area contributed by atoms with Crippen LogP contribution in [0.15, 0.2) is 66.2 Å². The zero-order chi connectivity index (χ0) is 20.2. The van der Waals surface area contributed by atoms with E-state index < -0.39 is 0 Å². The summed E-state index contributed by atoms with van der Waals surface area (Å²) in [6, 6.07) is 17.5. The van der Waals surface area contributed by atoms with Crippen LogP contribution in [0.2, 0.25) is 0 Å². The molecule has 0 aliphatic heterocycles. The molecule has 2 aromatic heterocycles. The van der Waals surface area contributed by atoms with E-state index >= 15 is 0 Å². The fourth-order valence-corrected chi connectivity index (χ4v) is 3.89. The fourth-order valence-electron chi connectivity index (χ4n) is 3.00. The van der Waals surface area contributed by atoms with Gasteiger partial charge in [-0.25, -0.2) is 9.97 Å². The summed E-state index contributed by atoms with van der Waals surface area (Å²) in [4.78, 5) is 21.6. The van der Waals surface area contributed by atoms with Crippen LogP contribution in [0.25, 0.3) is 16.4 Å². The number of imidazole rings is 1. The molecule has 0 fully saturated rings. The van der Waals surface area contributed by atoms with E-state index in [4.69, 9.17) is 9.72 Å². The van der Waals surface area contributed by atoms with E-state index in [1.807, 2.05) is 71.5 Å². The molecule has 146 valence electrons. The molecule has 7 heteroatoms. The van der Waals surface area contributed by atoms with Gasteiger partial charge in [0.05, 0.1) is 25.4 Å². The summed E-state index contributed by atoms with van der Waals surface area (Å²) >= 11 is 1.51. The maximum Gasteiger partial charge on any atom is 0.229 e. The number of benzene rings is 2. The Balaban J connectivity index is 1.53. The molecule has 1 amide bonds. The normalized spacial score (nSPS) is 10.7. The number of nitrogens with one attached hydrogen (secondary N) is 1. The number of aryl methyl sites for hydroxylation is 1. The lowest BCUT2D eigenvalue weighted by Gasteiger charge is -2.09. The smallest absolute Gasteiger partial charge is 0.229 e. The van der Waals surface area contributed by atoms with E-state index in [0.29, 0.717) is 5.82 Å². The van der Waals surface area contributed by atoms with E-state index in [1.54, 1.807) is 13.3 Å². The Labute approximate surface area is 172 Å². The number of hydrogen-bond acceptors (Lipinski definition) is 5. The standard InChI is InChI=1S/C22H20N4O2S/c1-15-23-13-20(25-21(27)12-16-8-10-18(28-2)11-9-16)26(15)22-24-19(14-29-22)17-6-4-3-5-7-17/h3-11,13-14H,12H2,1-2H3,(H,25,27). The summed E-state index contributed by atoms with van der Waals surface area (Å²) in [5, 5.41) is 5.72. The fraction of sp³-hybridized carbons (Fsp3) is 0.136. The third-order valence-corrected chi connectivity index (χ3v) is 5.31. The number of amides is 1. The summed E-state index contributed by atoms with van der Waals surface area (Å²) in [6.07, 6.45) is 1.92. The SMILES string of the molecule is COc1ccc(CC(=O)Nc2cnc(C)n2-c2nc(-c3ccccc3)cs2)cc1. The molecule has 0 saturated carbocycles. The van der Waals surface area contributed by atoms with Gasteiger partial charge in [-0.2, -0.15) is 0 Å². The van der Waals surface area contributed by atoms with Crippen LogP contribution in [-0.4, -0.2) is 27.6 Å². The Kier molecular flexibility index (Phi) is 5.39. The van der Waals surface area contributed by atoms with E-state index in [-0.39, 0.29) is 12.3 Å². The van der Waals surface area contributed by atoms with E-state index in [1.165, 1.54) is 11.3 Å². The highest BCUT2D eigenvalue weighted by atomic mass is 32.1. The molecule has 0 unspecified atom stereocenters. The molecule has 0 spiro atoms. The van der Waals surface area contributed by atoms with Crippen LogP contribution in [0, 0.1) is 6.92 Å². The quantitative estimate of drug-likeness (QED) is 0.514. The van der Waals surface area contributed by atoms with Crippen molar-refractivity contribution in [3.8, 4) is 22.1 Å². The van der Waals surface area contributed by atoms with Gasteiger partial charge in [-0.15, -0.1) is 11.3 Å². The molecule has 6 nitrogen and oxygen atoms in total. The number of aromatic nitrogens is 3. The third-order valence-electron chi connectivity index (χ3n) is 4.48. The summed E-state index contributed by atoms with van der Waals surface area (Å²) in [6.45, 7) is 1.89. The van der Waals surface area contributed by atoms with Crippen LogP contribution in [0.3, 0.4) is 0 Å². The second kappa shape index (κ2) is 8.28. The highest BCUT2D eigenvalue weighted by Gasteiger charge is 2.15. The zero-order valence-corrected chi connectivity index (χ0v) is 16.9. The van der Waals surface area contributed by atoms with Gasteiger partial charge in [0.15, 0.2) is 5.13 Å². The number of carbonyl (C=O) groups is 1. The van der Waals surface area contributed by atoms with Crippen molar-refractivity contribution in [3.05, 3.63) is 77.6 Å². The molecule has 0 radical (unpaired) electrons. The molecule has 4 aromatic rings. The number of ether oxygens (including phenoxy) is 1. The molecule has 29 heavy (non-hydrogen) atoms. The number of hydrogen-bond donors (Lipinski definition) is 1. The van der Waals surface area contributed by atoms with Gasteiger partial charge in [-0.1, -0.05) is 42.5 Å². The number of anilines is 1. The molecule has 0 aliphatic carbocycles. The Morgan fingerprint density at radius 2 is 1.90 bits per heavy atom. The Morgan fingerprint density at radius 1 is 1.14 bits per heavy atom. The van der Waals surface area contributed by atoms with Crippen molar-refractivity contribution in [1.29, 1.82) is 0 Å². The predicted octanol–water partition coefficient (Wildman–Crippen LogP) is 4.49. The van der Waals surface area contributed by atoms with E-state index in [0.717, 1.165) is 33.5 Å². The number of nitrogens with zero attached hydrogens (tertiary/aromatic N) is 3. The average Bonchev–Trinajstić information content (AvgIpc) is 3.36. The first-order valence-electron chi connectivity index (χ1n) is 9.12. The Hall–Kier alpha value is -3.45. The first kappa shape index (κ1) is 18.9. The minimum absolute atomic E-state index is 0.115. The highest BCUT2D eigenvalue weighted by molar-refractivity contribution is 7.12. The summed E-state index contributed by atoms with van der Waals surface area (Å²) < 4.78 is 7.02. The number of rotatable bonds is 6. The minimum Gasteiger partial charge on any atom is -0.497 e. The van der Waals surface area contributed by atoms with Gasteiger partial charge in [0, 0.05) is 10.9 Å². The number of methoxy groups -OCH3 is 1. The summed E-state index contributed by atoms with van der Waals surface area (Å²) in [5.41, 5.74) is 2.86. The van der Waals surface area contributed by atoms with Crippen LogP contribution >= 0.6 is 11.3 Å². The van der Waals surface area contributed by atoms with Gasteiger partial charge in [0.25, 0.3) is 0 Å². The topological polar surface area (TPSA) is 69.0 Å². The van der Waals surface area contributed by atoms with Gasteiger partial charge in [0.1, 0.15) is 17.4 Å². The van der Waals surface area contributed by atoms with E-state index in [9.17, 15) is 4.79 Å². The van der Waals surface area contributed by atoms with Crippen LogP contribution < -0.4 is 10.1 Å². The Morgan fingerprint density at radius 3 is 2.62 bits per heavy atom. The molecule has 0 saturated heterocycles. The molecule has 4 rings (SSSR count). The van der Waals surface area contributed by atoms with Crippen molar-refractivity contribution < 1.29 is 9.53 Å². The number of thiazole rings is 1. The minimum atomic E-state index is -0.115. The van der Waals surface area contributed by atoms with Gasteiger partial charge >= 0.3 is 0 Å². The average molecular weight is 404 g/mol.